The normalized spacial score (nSPS) is 36.1. The van der Waals surface area contributed by atoms with Gasteiger partial charge < -0.3 is 0 Å². The fourth-order valence-corrected chi connectivity index (χ4v) is 4.29. The molecule has 2 aliphatic rings. The molecule has 110 valence electrons. The quantitative estimate of drug-likeness (QED) is 0.633. The number of ketones is 1. The van der Waals surface area contributed by atoms with Gasteiger partial charge in [0.05, 0.1) is 0 Å². The van der Waals surface area contributed by atoms with E-state index in [-0.39, 0.29) is 5.41 Å². The molecule has 1 nitrogen and oxygen atoms in total. The molecule has 2 aliphatic carbocycles. The molecule has 0 saturated heterocycles. The van der Waals surface area contributed by atoms with E-state index in [4.69, 9.17) is 0 Å². The maximum Gasteiger partial charge on any atom is 0.141 e. The van der Waals surface area contributed by atoms with E-state index in [0.29, 0.717) is 22.5 Å². The fraction of sp³-hybridized carbons (Fsp3) is 0.944. The van der Waals surface area contributed by atoms with Crippen molar-refractivity contribution in [3.63, 3.8) is 0 Å². The van der Waals surface area contributed by atoms with Crippen molar-refractivity contribution in [2.75, 3.05) is 0 Å². The number of hydrogen-bond acceptors (Lipinski definition) is 1. The summed E-state index contributed by atoms with van der Waals surface area (Å²) in [5.41, 5.74) is 0.869. The molecule has 2 rings (SSSR count). The first-order chi connectivity index (χ1) is 8.54. The molecule has 0 N–H and O–H groups in total. The van der Waals surface area contributed by atoms with Crippen LogP contribution in [0.25, 0.3) is 0 Å². The molecule has 0 aromatic rings. The molecular weight excluding hydrogens is 232 g/mol. The van der Waals surface area contributed by atoms with Gasteiger partial charge in [0.25, 0.3) is 0 Å². The molecule has 0 heterocycles. The minimum absolute atomic E-state index is 0.144. The Hall–Kier alpha value is -0.330. The predicted octanol–water partition coefficient (Wildman–Crippen LogP) is 5.23. The Morgan fingerprint density at radius 1 is 0.947 bits per heavy atom. The highest BCUT2D eigenvalue weighted by Crippen LogP contribution is 2.58. The number of carbonyl (C=O) groups is 1. The minimum Gasteiger partial charge on any atom is -0.299 e. The fourth-order valence-electron chi connectivity index (χ4n) is 4.29. The van der Waals surface area contributed by atoms with E-state index in [9.17, 15) is 4.79 Å². The van der Waals surface area contributed by atoms with Crippen LogP contribution in [0.15, 0.2) is 0 Å². The molecule has 0 aromatic carbocycles. The highest BCUT2D eigenvalue weighted by Gasteiger charge is 2.50. The van der Waals surface area contributed by atoms with Gasteiger partial charge in [0.2, 0.25) is 0 Å². The third kappa shape index (κ3) is 3.06. The van der Waals surface area contributed by atoms with Gasteiger partial charge in [-0.2, -0.15) is 0 Å². The molecule has 0 amide bonds. The first-order valence-electron chi connectivity index (χ1n) is 8.08. The third-order valence-corrected chi connectivity index (χ3v) is 5.74. The molecule has 1 heteroatoms. The lowest BCUT2D eigenvalue weighted by molar-refractivity contribution is -0.140. The number of hydrogen-bond donors (Lipinski definition) is 0. The molecular formula is C18H32O. The van der Waals surface area contributed by atoms with Crippen LogP contribution in [-0.2, 0) is 4.79 Å². The SMILES string of the molecule is CC(C)(C)C(=O)C1CC2(CCC(C(C)(C)C)CC2)C1. The van der Waals surface area contributed by atoms with Crippen molar-refractivity contribution in [1.29, 1.82) is 0 Å². The van der Waals surface area contributed by atoms with Crippen LogP contribution in [0.4, 0.5) is 0 Å². The van der Waals surface area contributed by atoms with Crippen LogP contribution in [0.2, 0.25) is 0 Å². The van der Waals surface area contributed by atoms with E-state index in [1.54, 1.807) is 0 Å². The summed E-state index contributed by atoms with van der Waals surface area (Å²) in [5, 5.41) is 0. The van der Waals surface area contributed by atoms with Crippen LogP contribution < -0.4 is 0 Å². The second kappa shape index (κ2) is 4.60. The van der Waals surface area contributed by atoms with Crippen molar-refractivity contribution in [3.8, 4) is 0 Å². The summed E-state index contributed by atoms with van der Waals surface area (Å²) in [6.45, 7) is 13.3. The lowest BCUT2D eigenvalue weighted by Crippen LogP contribution is -2.47. The smallest absolute Gasteiger partial charge is 0.141 e. The van der Waals surface area contributed by atoms with Crippen LogP contribution in [0, 0.1) is 28.1 Å². The highest BCUT2D eigenvalue weighted by molar-refractivity contribution is 5.86. The first kappa shape index (κ1) is 15.1. The number of Topliss-reactive ketones (excluding diaryl/α,β-unsaturated/α-hetero) is 1. The predicted molar refractivity (Wildman–Crippen MR) is 81.0 cm³/mol. The van der Waals surface area contributed by atoms with Gasteiger partial charge >= 0.3 is 0 Å². The van der Waals surface area contributed by atoms with Crippen molar-refractivity contribution < 1.29 is 4.79 Å². The van der Waals surface area contributed by atoms with E-state index >= 15 is 0 Å². The largest absolute Gasteiger partial charge is 0.299 e. The maximum absolute atomic E-state index is 12.3. The molecule has 0 radical (unpaired) electrons. The number of carbonyl (C=O) groups excluding carboxylic acids is 1. The van der Waals surface area contributed by atoms with Crippen LogP contribution in [0.5, 0.6) is 0 Å². The standard InChI is InChI=1S/C18H32O/c1-16(2,3)14-7-9-18(10-8-14)11-13(12-18)15(19)17(4,5)6/h13-14H,7-12H2,1-6H3. The van der Waals surface area contributed by atoms with Crippen molar-refractivity contribution in [1.82, 2.24) is 0 Å². The zero-order chi connectivity index (χ0) is 14.5. The van der Waals surface area contributed by atoms with E-state index in [1.807, 2.05) is 0 Å². The van der Waals surface area contributed by atoms with Gasteiger partial charge in [-0.25, -0.2) is 0 Å². The topological polar surface area (TPSA) is 17.1 Å². The Bertz CT molecular complexity index is 337. The average molecular weight is 264 g/mol. The zero-order valence-electron chi connectivity index (χ0n) is 13.8. The summed E-state index contributed by atoms with van der Waals surface area (Å²) in [5.74, 6) is 1.75. The molecule has 0 aliphatic heterocycles. The van der Waals surface area contributed by atoms with Crippen LogP contribution in [-0.4, -0.2) is 5.78 Å². The third-order valence-electron chi connectivity index (χ3n) is 5.74. The molecule has 1 spiro atoms. The van der Waals surface area contributed by atoms with Crippen molar-refractivity contribution in [2.24, 2.45) is 28.1 Å². The average Bonchev–Trinajstić information content (AvgIpc) is 2.22. The van der Waals surface area contributed by atoms with Gasteiger partial charge in [-0.1, -0.05) is 41.5 Å². The summed E-state index contributed by atoms with van der Waals surface area (Å²) in [6, 6.07) is 0. The molecule has 0 bridgehead atoms. The second-order valence-corrected chi connectivity index (χ2v) is 9.36. The lowest BCUT2D eigenvalue weighted by atomic mass is 9.51. The Balaban J connectivity index is 1.86. The lowest BCUT2D eigenvalue weighted by Gasteiger charge is -2.53. The Morgan fingerprint density at radius 3 is 1.79 bits per heavy atom. The monoisotopic (exact) mass is 264 g/mol. The summed E-state index contributed by atoms with van der Waals surface area (Å²) in [7, 11) is 0. The molecule has 19 heavy (non-hydrogen) atoms. The first-order valence-corrected chi connectivity index (χ1v) is 8.08. The van der Waals surface area contributed by atoms with Crippen LogP contribution in [0.3, 0.4) is 0 Å². The van der Waals surface area contributed by atoms with Crippen molar-refractivity contribution in [2.45, 2.75) is 80.1 Å². The van der Waals surface area contributed by atoms with Gasteiger partial charge in [0.15, 0.2) is 0 Å². The Kier molecular flexibility index (Phi) is 3.65. The second-order valence-electron chi connectivity index (χ2n) is 9.36. The van der Waals surface area contributed by atoms with Crippen LogP contribution >= 0.6 is 0 Å². The van der Waals surface area contributed by atoms with Crippen LogP contribution in [0.1, 0.15) is 80.1 Å². The summed E-state index contributed by atoms with van der Waals surface area (Å²) in [6.07, 6.45) is 7.84. The van der Waals surface area contributed by atoms with Gasteiger partial charge in [-0.05, 0) is 55.3 Å². The Morgan fingerprint density at radius 2 is 1.42 bits per heavy atom. The van der Waals surface area contributed by atoms with Gasteiger partial charge in [-0.3, -0.25) is 4.79 Å². The van der Waals surface area contributed by atoms with Gasteiger partial charge in [0.1, 0.15) is 5.78 Å². The van der Waals surface area contributed by atoms with E-state index in [0.717, 1.165) is 5.92 Å². The van der Waals surface area contributed by atoms with Crippen molar-refractivity contribution >= 4 is 5.78 Å². The molecule has 0 unspecified atom stereocenters. The molecule has 2 fully saturated rings. The highest BCUT2D eigenvalue weighted by atomic mass is 16.1. The molecule has 0 aromatic heterocycles. The molecule has 0 atom stereocenters. The van der Waals surface area contributed by atoms with E-state index < -0.39 is 0 Å². The van der Waals surface area contributed by atoms with Gasteiger partial charge in [0, 0.05) is 11.3 Å². The number of rotatable bonds is 1. The Labute approximate surface area is 119 Å². The molecule has 2 saturated carbocycles. The van der Waals surface area contributed by atoms with Gasteiger partial charge in [-0.15, -0.1) is 0 Å². The maximum atomic E-state index is 12.3. The summed E-state index contributed by atoms with van der Waals surface area (Å²) in [4.78, 5) is 12.3. The zero-order valence-corrected chi connectivity index (χ0v) is 13.8. The summed E-state index contributed by atoms with van der Waals surface area (Å²) < 4.78 is 0. The van der Waals surface area contributed by atoms with E-state index in [1.165, 1.54) is 38.5 Å². The summed E-state index contributed by atoms with van der Waals surface area (Å²) >= 11 is 0. The van der Waals surface area contributed by atoms with Crippen molar-refractivity contribution in [3.05, 3.63) is 0 Å². The van der Waals surface area contributed by atoms with E-state index in [2.05, 4.69) is 41.5 Å². The minimum atomic E-state index is -0.144.